The van der Waals surface area contributed by atoms with E-state index in [1.165, 1.54) is 11.0 Å². The Balaban J connectivity index is 2.69. The molecule has 0 radical (unpaired) electrons. The predicted molar refractivity (Wildman–Crippen MR) is 57.8 cm³/mol. The molecule has 0 spiro atoms. The molecule has 2 N–H and O–H groups in total. The standard InChI is InChI=1S/C10H10N6/c1-6-3-9(8(4-11)7(2)14-6)16-5-13-10(12)15-16/h3,5H,1-2H3,(H2,12,15). The molecule has 2 aromatic heterocycles. The van der Waals surface area contributed by atoms with E-state index in [-0.39, 0.29) is 5.95 Å². The third kappa shape index (κ3) is 1.59. The number of anilines is 1. The van der Waals surface area contributed by atoms with Crippen LogP contribution in [0.25, 0.3) is 5.69 Å². The van der Waals surface area contributed by atoms with Crippen molar-refractivity contribution in [3.05, 3.63) is 29.3 Å². The monoisotopic (exact) mass is 214 g/mol. The molecular formula is C10H10N6. The third-order valence-corrected chi connectivity index (χ3v) is 2.18. The SMILES string of the molecule is Cc1cc(-n2cnc(N)n2)c(C#N)c(C)n1. The number of nitrogens with zero attached hydrogens (tertiary/aromatic N) is 5. The van der Waals surface area contributed by atoms with Gasteiger partial charge in [0.1, 0.15) is 12.4 Å². The largest absolute Gasteiger partial charge is 0.366 e. The van der Waals surface area contributed by atoms with Crippen LogP contribution in [0.3, 0.4) is 0 Å². The van der Waals surface area contributed by atoms with Gasteiger partial charge in [-0.15, -0.1) is 5.10 Å². The van der Waals surface area contributed by atoms with Crippen molar-refractivity contribution in [3.63, 3.8) is 0 Å². The van der Waals surface area contributed by atoms with Gasteiger partial charge in [-0.05, 0) is 19.9 Å². The number of aromatic nitrogens is 4. The predicted octanol–water partition coefficient (Wildman–Crippen LogP) is 0.733. The third-order valence-electron chi connectivity index (χ3n) is 2.18. The number of rotatable bonds is 1. The highest BCUT2D eigenvalue weighted by molar-refractivity contribution is 5.51. The van der Waals surface area contributed by atoms with E-state index in [9.17, 15) is 0 Å². The first-order valence-electron chi connectivity index (χ1n) is 4.67. The molecule has 0 unspecified atom stereocenters. The van der Waals surface area contributed by atoms with E-state index in [0.717, 1.165) is 5.69 Å². The number of aryl methyl sites for hydroxylation is 2. The molecule has 2 aromatic rings. The smallest absolute Gasteiger partial charge is 0.239 e. The fourth-order valence-electron chi connectivity index (χ4n) is 1.52. The highest BCUT2D eigenvalue weighted by atomic mass is 15.4. The van der Waals surface area contributed by atoms with Crippen LogP contribution < -0.4 is 5.73 Å². The molecule has 0 aromatic carbocycles. The minimum atomic E-state index is 0.177. The average molecular weight is 214 g/mol. The average Bonchev–Trinajstić information content (AvgIpc) is 2.63. The second-order valence-electron chi connectivity index (χ2n) is 3.40. The van der Waals surface area contributed by atoms with Crippen molar-refractivity contribution in [2.45, 2.75) is 13.8 Å². The molecule has 0 atom stereocenters. The molecule has 2 heterocycles. The number of hydrogen-bond acceptors (Lipinski definition) is 5. The van der Waals surface area contributed by atoms with Crippen molar-refractivity contribution in [2.24, 2.45) is 0 Å². The molecule has 0 aliphatic heterocycles. The highest BCUT2D eigenvalue weighted by Gasteiger charge is 2.11. The van der Waals surface area contributed by atoms with Crippen LogP contribution >= 0.6 is 0 Å². The Morgan fingerprint density at radius 2 is 2.19 bits per heavy atom. The van der Waals surface area contributed by atoms with E-state index in [1.54, 1.807) is 13.0 Å². The van der Waals surface area contributed by atoms with Gasteiger partial charge < -0.3 is 5.73 Å². The molecule has 0 aliphatic rings. The van der Waals surface area contributed by atoms with E-state index >= 15 is 0 Å². The molecular weight excluding hydrogens is 204 g/mol. The normalized spacial score (nSPS) is 10.1. The fourth-order valence-corrected chi connectivity index (χ4v) is 1.52. The zero-order valence-corrected chi connectivity index (χ0v) is 8.97. The van der Waals surface area contributed by atoms with Crippen molar-refractivity contribution in [3.8, 4) is 11.8 Å². The molecule has 80 valence electrons. The quantitative estimate of drug-likeness (QED) is 0.755. The van der Waals surface area contributed by atoms with Gasteiger partial charge >= 0.3 is 0 Å². The van der Waals surface area contributed by atoms with Crippen LogP contribution in [0.1, 0.15) is 17.0 Å². The van der Waals surface area contributed by atoms with Gasteiger partial charge in [-0.1, -0.05) is 0 Å². The lowest BCUT2D eigenvalue weighted by Crippen LogP contribution is -2.03. The van der Waals surface area contributed by atoms with Crippen LogP contribution in [0.2, 0.25) is 0 Å². The first-order valence-corrected chi connectivity index (χ1v) is 4.67. The lowest BCUT2D eigenvalue weighted by molar-refractivity contribution is 0.869. The van der Waals surface area contributed by atoms with E-state index in [4.69, 9.17) is 11.0 Å². The molecule has 6 nitrogen and oxygen atoms in total. The Labute approximate surface area is 92.4 Å². The zero-order chi connectivity index (χ0) is 11.7. The summed E-state index contributed by atoms with van der Waals surface area (Å²) < 4.78 is 1.48. The summed E-state index contributed by atoms with van der Waals surface area (Å²) in [4.78, 5) is 8.05. The number of nitrogens with two attached hydrogens (primary N) is 1. The highest BCUT2D eigenvalue weighted by Crippen LogP contribution is 2.16. The van der Waals surface area contributed by atoms with Crippen LogP contribution in [0.5, 0.6) is 0 Å². The van der Waals surface area contributed by atoms with Gasteiger partial charge in [-0.25, -0.2) is 9.67 Å². The van der Waals surface area contributed by atoms with Gasteiger partial charge in [0.15, 0.2) is 0 Å². The minimum Gasteiger partial charge on any atom is -0.366 e. The van der Waals surface area contributed by atoms with E-state index in [1.807, 2.05) is 6.92 Å². The molecule has 0 saturated heterocycles. The van der Waals surface area contributed by atoms with Crippen molar-refractivity contribution in [2.75, 3.05) is 5.73 Å². The summed E-state index contributed by atoms with van der Waals surface area (Å²) >= 11 is 0. The van der Waals surface area contributed by atoms with Crippen molar-refractivity contribution in [1.82, 2.24) is 19.7 Å². The van der Waals surface area contributed by atoms with E-state index in [2.05, 4.69) is 21.1 Å². The lowest BCUT2D eigenvalue weighted by atomic mass is 10.1. The van der Waals surface area contributed by atoms with Crippen molar-refractivity contribution >= 4 is 5.95 Å². The van der Waals surface area contributed by atoms with Crippen molar-refractivity contribution < 1.29 is 0 Å². The zero-order valence-electron chi connectivity index (χ0n) is 8.97. The van der Waals surface area contributed by atoms with Crippen LogP contribution in [0.4, 0.5) is 5.95 Å². The first kappa shape index (κ1) is 10.1. The Kier molecular flexibility index (Phi) is 2.29. The number of nitrogen functional groups attached to an aromatic ring is 1. The van der Waals surface area contributed by atoms with Gasteiger partial charge in [-0.2, -0.15) is 5.26 Å². The molecule has 0 amide bonds. The van der Waals surface area contributed by atoms with Gasteiger partial charge in [-0.3, -0.25) is 4.98 Å². The molecule has 0 fully saturated rings. The summed E-state index contributed by atoms with van der Waals surface area (Å²) in [7, 11) is 0. The van der Waals surface area contributed by atoms with Gasteiger partial charge in [0.25, 0.3) is 0 Å². The van der Waals surface area contributed by atoms with Gasteiger partial charge in [0.2, 0.25) is 5.95 Å². The minimum absolute atomic E-state index is 0.177. The summed E-state index contributed by atoms with van der Waals surface area (Å²) in [6, 6.07) is 3.88. The molecule has 0 saturated carbocycles. The van der Waals surface area contributed by atoms with E-state index < -0.39 is 0 Å². The Hall–Kier alpha value is -2.42. The fraction of sp³-hybridized carbons (Fsp3) is 0.200. The molecule has 0 aliphatic carbocycles. The summed E-state index contributed by atoms with van der Waals surface area (Å²) in [5, 5.41) is 13.1. The molecule has 2 rings (SSSR count). The Bertz CT molecular complexity index is 577. The van der Waals surface area contributed by atoms with Gasteiger partial charge in [0, 0.05) is 5.69 Å². The summed E-state index contributed by atoms with van der Waals surface area (Å²) in [6.07, 6.45) is 1.48. The van der Waals surface area contributed by atoms with E-state index in [0.29, 0.717) is 16.9 Å². The van der Waals surface area contributed by atoms with Crippen LogP contribution in [-0.4, -0.2) is 19.7 Å². The number of pyridine rings is 1. The van der Waals surface area contributed by atoms with Gasteiger partial charge in [0.05, 0.1) is 16.9 Å². The molecule has 6 heteroatoms. The Morgan fingerprint density at radius 3 is 2.75 bits per heavy atom. The first-order chi connectivity index (χ1) is 7.61. The summed E-state index contributed by atoms with van der Waals surface area (Å²) in [5.74, 6) is 0.177. The topological polar surface area (TPSA) is 93.4 Å². The van der Waals surface area contributed by atoms with Crippen LogP contribution in [0, 0.1) is 25.2 Å². The molecule has 0 bridgehead atoms. The number of nitriles is 1. The lowest BCUT2D eigenvalue weighted by Gasteiger charge is -2.06. The Morgan fingerprint density at radius 1 is 1.44 bits per heavy atom. The summed E-state index contributed by atoms with van der Waals surface area (Å²) in [5.41, 5.74) is 8.07. The second kappa shape index (κ2) is 3.62. The van der Waals surface area contributed by atoms with Crippen LogP contribution in [0.15, 0.2) is 12.4 Å². The number of hydrogen-bond donors (Lipinski definition) is 1. The second-order valence-corrected chi connectivity index (χ2v) is 3.40. The summed E-state index contributed by atoms with van der Waals surface area (Å²) in [6.45, 7) is 3.65. The van der Waals surface area contributed by atoms with Crippen LogP contribution in [-0.2, 0) is 0 Å². The maximum Gasteiger partial charge on any atom is 0.239 e. The molecule has 16 heavy (non-hydrogen) atoms. The maximum absolute atomic E-state index is 9.08. The van der Waals surface area contributed by atoms with Crippen molar-refractivity contribution in [1.29, 1.82) is 5.26 Å². The maximum atomic E-state index is 9.08.